The van der Waals surface area contributed by atoms with Gasteiger partial charge in [-0.25, -0.2) is 9.59 Å². The number of carboxylic acids is 2. The van der Waals surface area contributed by atoms with Crippen LogP contribution in [0.3, 0.4) is 0 Å². The Kier molecular flexibility index (Phi) is 8.47. The molecule has 3 rings (SSSR count). The van der Waals surface area contributed by atoms with Gasteiger partial charge in [0.15, 0.2) is 0 Å². The number of hydrogen-bond donors (Lipinski definition) is 2. The number of halogens is 1. The third-order valence-corrected chi connectivity index (χ3v) is 4.73. The first-order chi connectivity index (χ1) is 14.7. The molecule has 0 spiro atoms. The number of para-hydroxylation sites is 1. The standard InChI is InChI=1S/C18H18ClN3O3.C2H2O4/c19-16-6-3-5-14(12-16)18(23)21-10-8-20(9-11-21)13-15-4-1-2-7-17(15)22(24)25;3-1(4)2(5)6/h1-7,12H,8-11,13H2;(H,3,4)(H,5,6). The first kappa shape index (κ1) is 23.8. The van der Waals surface area contributed by atoms with E-state index in [1.165, 1.54) is 6.07 Å². The first-order valence-corrected chi connectivity index (χ1v) is 9.52. The Bertz CT molecular complexity index is 963. The number of benzene rings is 2. The van der Waals surface area contributed by atoms with Crippen molar-refractivity contribution in [1.29, 1.82) is 0 Å². The fraction of sp³-hybridized carbons (Fsp3) is 0.250. The molecular weight excluding hydrogens is 430 g/mol. The predicted molar refractivity (Wildman–Crippen MR) is 111 cm³/mol. The first-order valence-electron chi connectivity index (χ1n) is 9.14. The molecule has 1 heterocycles. The van der Waals surface area contributed by atoms with Gasteiger partial charge in [-0.1, -0.05) is 35.9 Å². The van der Waals surface area contributed by atoms with Gasteiger partial charge in [-0.2, -0.15) is 0 Å². The molecule has 0 aliphatic carbocycles. The number of hydrogen-bond acceptors (Lipinski definition) is 6. The van der Waals surface area contributed by atoms with Crippen molar-refractivity contribution in [2.45, 2.75) is 6.54 Å². The molecule has 0 bridgehead atoms. The number of carboxylic acid groups (broad SMARTS) is 2. The van der Waals surface area contributed by atoms with E-state index in [1.807, 2.05) is 0 Å². The number of piperazine rings is 1. The number of nitro groups is 1. The number of carbonyl (C=O) groups excluding carboxylic acids is 1. The van der Waals surface area contributed by atoms with Gasteiger partial charge in [0.1, 0.15) is 0 Å². The van der Waals surface area contributed by atoms with Crippen molar-refractivity contribution in [1.82, 2.24) is 9.80 Å². The highest BCUT2D eigenvalue weighted by atomic mass is 35.5. The molecule has 0 atom stereocenters. The van der Waals surface area contributed by atoms with E-state index in [1.54, 1.807) is 47.4 Å². The van der Waals surface area contributed by atoms with Crippen LogP contribution in [0.15, 0.2) is 48.5 Å². The quantitative estimate of drug-likeness (QED) is 0.411. The molecule has 2 aromatic rings. The van der Waals surface area contributed by atoms with Crippen LogP contribution < -0.4 is 0 Å². The summed E-state index contributed by atoms with van der Waals surface area (Å²) in [5.74, 6) is -3.68. The van der Waals surface area contributed by atoms with E-state index >= 15 is 0 Å². The zero-order chi connectivity index (χ0) is 23.0. The minimum atomic E-state index is -1.82. The zero-order valence-corrected chi connectivity index (χ0v) is 17.1. The van der Waals surface area contributed by atoms with E-state index < -0.39 is 11.9 Å². The second-order valence-electron chi connectivity index (χ2n) is 6.57. The summed E-state index contributed by atoms with van der Waals surface area (Å²) in [6, 6.07) is 13.7. The molecule has 0 saturated carbocycles. The van der Waals surface area contributed by atoms with Gasteiger partial charge in [0.2, 0.25) is 0 Å². The largest absolute Gasteiger partial charge is 0.473 e. The van der Waals surface area contributed by atoms with E-state index in [9.17, 15) is 14.9 Å². The number of nitrogens with zero attached hydrogens (tertiary/aromatic N) is 3. The summed E-state index contributed by atoms with van der Waals surface area (Å²) >= 11 is 5.95. The Morgan fingerprint density at radius 1 is 0.968 bits per heavy atom. The SMILES string of the molecule is O=C(O)C(=O)O.O=C(c1cccc(Cl)c1)N1CCN(Cc2ccccc2[N+](=O)[O-])CC1. The van der Waals surface area contributed by atoms with Crippen LogP contribution in [-0.2, 0) is 16.1 Å². The van der Waals surface area contributed by atoms with Crippen molar-refractivity contribution in [2.24, 2.45) is 0 Å². The number of aliphatic carboxylic acids is 2. The van der Waals surface area contributed by atoms with Gasteiger partial charge in [0, 0.05) is 54.9 Å². The van der Waals surface area contributed by atoms with Gasteiger partial charge in [-0.15, -0.1) is 0 Å². The smallest absolute Gasteiger partial charge is 0.414 e. The maximum atomic E-state index is 12.5. The molecule has 1 amide bonds. The van der Waals surface area contributed by atoms with Gasteiger partial charge in [-0.3, -0.25) is 19.8 Å². The molecule has 31 heavy (non-hydrogen) atoms. The minimum Gasteiger partial charge on any atom is -0.473 e. The van der Waals surface area contributed by atoms with E-state index in [0.29, 0.717) is 48.9 Å². The molecule has 2 N–H and O–H groups in total. The van der Waals surface area contributed by atoms with Crippen molar-refractivity contribution in [3.63, 3.8) is 0 Å². The summed E-state index contributed by atoms with van der Waals surface area (Å²) in [5.41, 5.74) is 1.42. The van der Waals surface area contributed by atoms with Crippen molar-refractivity contribution in [3.8, 4) is 0 Å². The second kappa shape index (κ2) is 11.0. The Balaban J connectivity index is 0.000000501. The molecular formula is C20H20ClN3O7. The normalized spacial score (nSPS) is 13.6. The van der Waals surface area contributed by atoms with Crippen molar-refractivity contribution >= 4 is 35.1 Å². The fourth-order valence-electron chi connectivity index (χ4n) is 2.98. The number of nitro benzene ring substituents is 1. The second-order valence-corrected chi connectivity index (χ2v) is 7.01. The van der Waals surface area contributed by atoms with Crippen LogP contribution in [0.4, 0.5) is 5.69 Å². The fourth-order valence-corrected chi connectivity index (χ4v) is 3.17. The van der Waals surface area contributed by atoms with Gasteiger partial charge in [0.25, 0.3) is 11.6 Å². The van der Waals surface area contributed by atoms with E-state index in [2.05, 4.69) is 4.90 Å². The molecule has 11 heteroatoms. The lowest BCUT2D eigenvalue weighted by Crippen LogP contribution is -2.48. The van der Waals surface area contributed by atoms with Crippen LogP contribution in [0.2, 0.25) is 5.02 Å². The van der Waals surface area contributed by atoms with Gasteiger partial charge >= 0.3 is 11.9 Å². The average Bonchev–Trinajstić information content (AvgIpc) is 2.74. The third kappa shape index (κ3) is 7.05. The highest BCUT2D eigenvalue weighted by molar-refractivity contribution is 6.31. The monoisotopic (exact) mass is 449 g/mol. The summed E-state index contributed by atoms with van der Waals surface area (Å²) in [5, 5.41) is 26.4. The maximum absolute atomic E-state index is 12.5. The molecule has 164 valence electrons. The Morgan fingerprint density at radius 2 is 1.58 bits per heavy atom. The zero-order valence-electron chi connectivity index (χ0n) is 16.3. The van der Waals surface area contributed by atoms with Crippen LogP contribution in [0, 0.1) is 10.1 Å². The van der Waals surface area contributed by atoms with E-state index in [4.69, 9.17) is 31.4 Å². The summed E-state index contributed by atoms with van der Waals surface area (Å²) in [6.45, 7) is 3.05. The summed E-state index contributed by atoms with van der Waals surface area (Å²) in [6.07, 6.45) is 0. The third-order valence-electron chi connectivity index (χ3n) is 4.50. The summed E-state index contributed by atoms with van der Waals surface area (Å²) in [7, 11) is 0. The number of carbonyl (C=O) groups is 3. The molecule has 2 aromatic carbocycles. The average molecular weight is 450 g/mol. The highest BCUT2D eigenvalue weighted by Crippen LogP contribution is 2.21. The van der Waals surface area contributed by atoms with Gasteiger partial charge in [-0.05, 0) is 18.2 Å². The topological polar surface area (TPSA) is 141 Å². The molecule has 1 saturated heterocycles. The number of amides is 1. The lowest BCUT2D eigenvalue weighted by atomic mass is 10.1. The van der Waals surface area contributed by atoms with Crippen LogP contribution in [-0.4, -0.2) is 69.0 Å². The van der Waals surface area contributed by atoms with E-state index in [-0.39, 0.29) is 16.5 Å². The lowest BCUT2D eigenvalue weighted by Gasteiger charge is -2.34. The Labute approximate surface area is 182 Å². The summed E-state index contributed by atoms with van der Waals surface area (Å²) in [4.78, 5) is 45.4. The van der Waals surface area contributed by atoms with E-state index in [0.717, 1.165) is 0 Å². The number of rotatable bonds is 4. The van der Waals surface area contributed by atoms with Gasteiger partial charge in [0.05, 0.1) is 4.92 Å². The molecule has 10 nitrogen and oxygen atoms in total. The van der Waals surface area contributed by atoms with Crippen LogP contribution in [0.25, 0.3) is 0 Å². The molecule has 1 aliphatic rings. The van der Waals surface area contributed by atoms with Crippen molar-refractivity contribution < 1.29 is 29.5 Å². The molecule has 0 unspecified atom stereocenters. The maximum Gasteiger partial charge on any atom is 0.414 e. The molecule has 1 fully saturated rings. The van der Waals surface area contributed by atoms with Crippen molar-refractivity contribution in [2.75, 3.05) is 26.2 Å². The van der Waals surface area contributed by atoms with Crippen LogP contribution in [0.1, 0.15) is 15.9 Å². The van der Waals surface area contributed by atoms with Crippen LogP contribution in [0.5, 0.6) is 0 Å². The highest BCUT2D eigenvalue weighted by Gasteiger charge is 2.24. The lowest BCUT2D eigenvalue weighted by molar-refractivity contribution is -0.385. The molecule has 1 aliphatic heterocycles. The van der Waals surface area contributed by atoms with Gasteiger partial charge < -0.3 is 15.1 Å². The van der Waals surface area contributed by atoms with Crippen molar-refractivity contribution in [3.05, 3.63) is 74.8 Å². The minimum absolute atomic E-state index is 0.0344. The molecule has 0 aromatic heterocycles. The summed E-state index contributed by atoms with van der Waals surface area (Å²) < 4.78 is 0. The molecule has 0 radical (unpaired) electrons. The Hall–Kier alpha value is -3.50. The predicted octanol–water partition coefficient (Wildman–Crippen LogP) is 2.36. The Morgan fingerprint density at radius 3 is 2.13 bits per heavy atom. The van der Waals surface area contributed by atoms with Crippen LogP contribution >= 0.6 is 11.6 Å².